The van der Waals surface area contributed by atoms with Gasteiger partial charge >= 0.3 is 0 Å². The van der Waals surface area contributed by atoms with Gasteiger partial charge in [-0.15, -0.1) is 0 Å². The van der Waals surface area contributed by atoms with Gasteiger partial charge in [0.25, 0.3) is 0 Å². The molecule has 0 unspecified atom stereocenters. The average Bonchev–Trinajstić information content (AvgIpc) is 2.98. The first-order chi connectivity index (χ1) is 11.0. The normalized spacial score (nSPS) is 11.5. The molecule has 0 bridgehead atoms. The Morgan fingerprint density at radius 2 is 1.61 bits per heavy atom. The maximum atomic E-state index is 12.9. The Morgan fingerprint density at radius 1 is 0.913 bits per heavy atom. The van der Waals surface area contributed by atoms with Crippen LogP contribution in [-0.2, 0) is 21.3 Å². The van der Waals surface area contributed by atoms with E-state index < -0.39 is 9.84 Å². The Balaban J connectivity index is 1.73. The fourth-order valence-corrected chi connectivity index (χ4v) is 3.68. The Hall–Kier alpha value is -2.47. The molecule has 3 rings (SSSR count). The molecule has 0 N–H and O–H groups in total. The molecule has 0 spiro atoms. The van der Waals surface area contributed by atoms with E-state index in [-0.39, 0.29) is 17.3 Å². The maximum Gasteiger partial charge on any atom is 0.160 e. The number of sulfone groups is 1. The van der Waals surface area contributed by atoms with E-state index in [0.717, 1.165) is 5.69 Å². The minimum atomic E-state index is -3.37. The Labute approximate surface area is 134 Å². The summed E-state index contributed by atoms with van der Waals surface area (Å²) in [7, 11) is -3.37. The van der Waals surface area contributed by atoms with Crippen molar-refractivity contribution in [1.29, 1.82) is 0 Å². The van der Waals surface area contributed by atoms with Crippen LogP contribution < -0.4 is 0 Å². The highest BCUT2D eigenvalue weighted by atomic mass is 32.2. The Kier molecular flexibility index (Phi) is 4.25. The lowest BCUT2D eigenvalue weighted by molar-refractivity contribution is 0.593. The zero-order chi connectivity index (χ0) is 16.3. The molecule has 0 saturated carbocycles. The number of hydrogen-bond donors (Lipinski definition) is 0. The molecule has 6 heteroatoms. The first-order valence-corrected chi connectivity index (χ1v) is 8.89. The molecule has 1 aromatic heterocycles. The van der Waals surface area contributed by atoms with E-state index in [1.54, 1.807) is 16.9 Å². The molecular weight excluding hydrogens is 315 g/mol. The quantitative estimate of drug-likeness (QED) is 0.722. The highest BCUT2D eigenvalue weighted by Crippen LogP contribution is 2.13. The molecular formula is C17H15FN2O2S. The van der Waals surface area contributed by atoms with Gasteiger partial charge < -0.3 is 0 Å². The van der Waals surface area contributed by atoms with Crippen molar-refractivity contribution in [2.75, 3.05) is 0 Å². The number of nitrogens with zero attached hydrogens (tertiary/aromatic N) is 2. The van der Waals surface area contributed by atoms with Gasteiger partial charge in [-0.3, -0.25) is 0 Å². The highest BCUT2D eigenvalue weighted by Gasteiger charge is 2.15. The van der Waals surface area contributed by atoms with E-state index in [2.05, 4.69) is 5.10 Å². The van der Waals surface area contributed by atoms with Crippen LogP contribution in [-0.4, -0.2) is 18.2 Å². The van der Waals surface area contributed by atoms with Crippen molar-refractivity contribution in [1.82, 2.24) is 9.78 Å². The first-order valence-electron chi connectivity index (χ1n) is 7.07. The fourth-order valence-electron chi connectivity index (χ4n) is 2.27. The molecule has 0 fully saturated rings. The summed E-state index contributed by atoms with van der Waals surface area (Å²) in [6.45, 7) is 0. The molecule has 0 aliphatic rings. The lowest BCUT2D eigenvalue weighted by Gasteiger charge is -2.03. The number of hydrogen-bond acceptors (Lipinski definition) is 3. The van der Waals surface area contributed by atoms with Gasteiger partial charge in [0.15, 0.2) is 9.84 Å². The highest BCUT2D eigenvalue weighted by molar-refractivity contribution is 7.89. The number of aromatic nitrogens is 2. The van der Waals surface area contributed by atoms with E-state index in [0.29, 0.717) is 11.3 Å². The van der Waals surface area contributed by atoms with Crippen molar-refractivity contribution in [3.05, 3.63) is 83.9 Å². The van der Waals surface area contributed by atoms with Crippen LogP contribution in [0.25, 0.3) is 5.69 Å². The molecule has 0 radical (unpaired) electrons. The van der Waals surface area contributed by atoms with Gasteiger partial charge in [0.05, 0.1) is 22.9 Å². The largest absolute Gasteiger partial charge is 0.241 e. The third-order valence-electron chi connectivity index (χ3n) is 3.33. The SMILES string of the molecule is O=S(=O)(Cc1ccc(F)cc1)Cc1ccn(-c2ccccc2)n1. The van der Waals surface area contributed by atoms with Gasteiger partial charge in [0.2, 0.25) is 0 Å². The van der Waals surface area contributed by atoms with Crippen LogP contribution in [0.15, 0.2) is 66.9 Å². The summed E-state index contributed by atoms with van der Waals surface area (Å²) in [4.78, 5) is 0. The van der Waals surface area contributed by atoms with Gasteiger partial charge in [0, 0.05) is 6.20 Å². The summed E-state index contributed by atoms with van der Waals surface area (Å²) in [6.07, 6.45) is 1.73. The van der Waals surface area contributed by atoms with Crippen LogP contribution in [0.5, 0.6) is 0 Å². The van der Waals surface area contributed by atoms with E-state index in [4.69, 9.17) is 0 Å². The predicted octanol–water partition coefficient (Wildman–Crippen LogP) is 3.13. The zero-order valence-electron chi connectivity index (χ0n) is 12.3. The number of benzene rings is 2. The zero-order valence-corrected chi connectivity index (χ0v) is 13.1. The smallest absolute Gasteiger partial charge is 0.160 e. The number of rotatable bonds is 5. The van der Waals surface area contributed by atoms with E-state index in [9.17, 15) is 12.8 Å². The van der Waals surface area contributed by atoms with Crippen LogP contribution in [0.3, 0.4) is 0 Å². The van der Waals surface area contributed by atoms with Gasteiger partial charge in [0.1, 0.15) is 5.82 Å². The molecule has 23 heavy (non-hydrogen) atoms. The summed E-state index contributed by atoms with van der Waals surface area (Å²) >= 11 is 0. The second-order valence-corrected chi connectivity index (χ2v) is 7.31. The second kappa shape index (κ2) is 6.34. The van der Waals surface area contributed by atoms with Crippen LogP contribution in [0.2, 0.25) is 0 Å². The monoisotopic (exact) mass is 330 g/mol. The van der Waals surface area contributed by atoms with Crippen molar-refractivity contribution in [2.24, 2.45) is 0 Å². The van der Waals surface area contributed by atoms with Gasteiger partial charge in [-0.05, 0) is 35.9 Å². The van der Waals surface area contributed by atoms with E-state index in [1.807, 2.05) is 30.3 Å². The van der Waals surface area contributed by atoms with Crippen LogP contribution >= 0.6 is 0 Å². The van der Waals surface area contributed by atoms with Crippen molar-refractivity contribution in [3.8, 4) is 5.69 Å². The molecule has 4 nitrogen and oxygen atoms in total. The lowest BCUT2D eigenvalue weighted by atomic mass is 10.2. The minimum Gasteiger partial charge on any atom is -0.241 e. The summed E-state index contributed by atoms with van der Waals surface area (Å²) < 4.78 is 39.0. The van der Waals surface area contributed by atoms with Crippen LogP contribution in [0.4, 0.5) is 4.39 Å². The van der Waals surface area contributed by atoms with Crippen LogP contribution in [0.1, 0.15) is 11.3 Å². The molecule has 1 heterocycles. The van der Waals surface area contributed by atoms with Crippen molar-refractivity contribution >= 4 is 9.84 Å². The lowest BCUT2D eigenvalue weighted by Crippen LogP contribution is -2.08. The Bertz CT molecular complexity index is 888. The molecule has 0 aliphatic heterocycles. The van der Waals surface area contributed by atoms with Gasteiger partial charge in [-0.1, -0.05) is 30.3 Å². The Morgan fingerprint density at radius 3 is 2.30 bits per heavy atom. The second-order valence-electron chi connectivity index (χ2n) is 5.25. The van der Waals surface area contributed by atoms with Crippen molar-refractivity contribution in [2.45, 2.75) is 11.5 Å². The minimum absolute atomic E-state index is 0.133. The molecule has 0 atom stereocenters. The molecule has 0 saturated heterocycles. The van der Waals surface area contributed by atoms with E-state index in [1.165, 1.54) is 24.3 Å². The summed E-state index contributed by atoms with van der Waals surface area (Å²) in [5, 5.41) is 4.30. The third kappa shape index (κ3) is 4.04. The summed E-state index contributed by atoms with van der Waals surface area (Å²) in [5.74, 6) is -0.664. The topological polar surface area (TPSA) is 52.0 Å². The van der Waals surface area contributed by atoms with Gasteiger partial charge in [-0.25, -0.2) is 17.5 Å². The van der Waals surface area contributed by atoms with E-state index >= 15 is 0 Å². The van der Waals surface area contributed by atoms with Gasteiger partial charge in [-0.2, -0.15) is 5.10 Å². The molecule has 3 aromatic rings. The summed E-state index contributed by atoms with van der Waals surface area (Å²) in [6, 6.07) is 16.6. The van der Waals surface area contributed by atoms with Crippen LogP contribution in [0, 0.1) is 5.82 Å². The van der Waals surface area contributed by atoms with Crippen molar-refractivity contribution in [3.63, 3.8) is 0 Å². The summed E-state index contributed by atoms with van der Waals surface area (Å²) in [5.41, 5.74) is 1.92. The fraction of sp³-hybridized carbons (Fsp3) is 0.118. The van der Waals surface area contributed by atoms with Crippen molar-refractivity contribution < 1.29 is 12.8 Å². The number of para-hydroxylation sites is 1. The number of halogens is 1. The first kappa shape index (κ1) is 15.4. The standard InChI is InChI=1S/C17H15FN2O2S/c18-15-8-6-14(7-9-15)12-23(21,22)13-16-10-11-20(19-16)17-4-2-1-3-5-17/h1-11H,12-13H2. The third-order valence-corrected chi connectivity index (χ3v) is 4.84. The predicted molar refractivity (Wildman–Crippen MR) is 86.3 cm³/mol. The molecule has 0 amide bonds. The molecule has 0 aliphatic carbocycles. The maximum absolute atomic E-state index is 12.9. The average molecular weight is 330 g/mol. The molecule has 118 valence electrons. The molecule has 2 aromatic carbocycles.